The van der Waals surface area contributed by atoms with E-state index in [1.54, 1.807) is 24.3 Å². The van der Waals surface area contributed by atoms with Crippen LogP contribution in [0.15, 0.2) is 54.6 Å². The third-order valence-electron chi connectivity index (χ3n) is 4.77. The van der Waals surface area contributed by atoms with E-state index in [9.17, 15) is 9.59 Å². The monoisotopic (exact) mass is 408 g/mol. The molecular formula is C22H24N4O2S. The molecule has 0 radical (unpaired) electrons. The topological polar surface area (TPSA) is 84.0 Å². The van der Waals surface area contributed by atoms with Gasteiger partial charge >= 0.3 is 0 Å². The van der Waals surface area contributed by atoms with Crippen LogP contribution >= 0.6 is 11.3 Å². The lowest BCUT2D eigenvalue weighted by Gasteiger charge is -2.23. The second-order valence-corrected chi connectivity index (χ2v) is 7.95. The molecule has 0 saturated carbocycles. The van der Waals surface area contributed by atoms with E-state index in [1.807, 2.05) is 51.1 Å². The third-order valence-corrected chi connectivity index (χ3v) is 5.66. The predicted molar refractivity (Wildman–Crippen MR) is 116 cm³/mol. The van der Waals surface area contributed by atoms with Crippen molar-refractivity contribution in [3.63, 3.8) is 0 Å². The molecule has 150 valence electrons. The Kier molecular flexibility index (Phi) is 6.72. The molecule has 1 aromatic heterocycles. The summed E-state index contributed by atoms with van der Waals surface area (Å²) in [5.74, 6) is -0.606. The zero-order valence-electron chi connectivity index (χ0n) is 16.7. The smallest absolute Gasteiger partial charge is 0.251 e. The molecular weight excluding hydrogens is 384 g/mol. The first-order valence-electron chi connectivity index (χ1n) is 9.55. The fraction of sp³-hybridized carbons (Fsp3) is 0.273. The third kappa shape index (κ3) is 5.26. The Bertz CT molecular complexity index is 970. The highest BCUT2D eigenvalue weighted by Gasteiger charge is 2.27. The Labute approximate surface area is 174 Å². The normalized spacial score (nSPS) is 12.8. The summed E-state index contributed by atoms with van der Waals surface area (Å²) in [6.45, 7) is 5.95. The van der Waals surface area contributed by atoms with Crippen LogP contribution in [0.25, 0.3) is 10.6 Å². The molecule has 0 fully saturated rings. The Balaban J connectivity index is 1.72. The molecule has 3 aromatic rings. The van der Waals surface area contributed by atoms with E-state index < -0.39 is 6.04 Å². The first-order chi connectivity index (χ1) is 14.0. The maximum Gasteiger partial charge on any atom is 0.251 e. The lowest BCUT2D eigenvalue weighted by atomic mass is 9.98. The van der Waals surface area contributed by atoms with Crippen LogP contribution in [0.2, 0.25) is 0 Å². The molecule has 2 aromatic carbocycles. The van der Waals surface area contributed by atoms with Gasteiger partial charge in [0.2, 0.25) is 11.0 Å². The van der Waals surface area contributed by atoms with Gasteiger partial charge in [-0.1, -0.05) is 79.6 Å². The lowest BCUT2D eigenvalue weighted by molar-refractivity contribution is -0.119. The van der Waals surface area contributed by atoms with Gasteiger partial charge in [0.1, 0.15) is 11.0 Å². The standard InChI is InChI=1S/C22H24N4O2S/c1-4-15(3)18(23-19(27)16-8-6-5-7-9-16)20(28)24-22-26-25-21(29-22)17-12-10-14(2)11-13-17/h5-13,15,18H,4H2,1-3H3,(H,23,27)(H,24,26,28). The number of aromatic nitrogens is 2. The van der Waals surface area contributed by atoms with Crippen LogP contribution in [-0.2, 0) is 4.79 Å². The average Bonchev–Trinajstić information content (AvgIpc) is 3.20. The summed E-state index contributed by atoms with van der Waals surface area (Å²) in [5, 5.41) is 15.1. The van der Waals surface area contributed by atoms with Crippen molar-refractivity contribution in [1.82, 2.24) is 15.5 Å². The van der Waals surface area contributed by atoms with E-state index >= 15 is 0 Å². The molecule has 2 atom stereocenters. The van der Waals surface area contributed by atoms with Crippen molar-refractivity contribution >= 4 is 28.3 Å². The van der Waals surface area contributed by atoms with Gasteiger partial charge in [0.15, 0.2) is 0 Å². The Morgan fingerprint density at radius 1 is 1.03 bits per heavy atom. The molecule has 2 amide bonds. The number of nitrogens with one attached hydrogen (secondary N) is 2. The van der Waals surface area contributed by atoms with Crippen molar-refractivity contribution in [2.75, 3.05) is 5.32 Å². The van der Waals surface area contributed by atoms with Crippen LogP contribution in [0, 0.1) is 12.8 Å². The molecule has 1 heterocycles. The number of rotatable bonds is 7. The van der Waals surface area contributed by atoms with Crippen LogP contribution in [0.3, 0.4) is 0 Å². The molecule has 3 rings (SSSR count). The quantitative estimate of drug-likeness (QED) is 0.611. The van der Waals surface area contributed by atoms with E-state index in [-0.39, 0.29) is 17.7 Å². The summed E-state index contributed by atoms with van der Waals surface area (Å²) in [6.07, 6.45) is 0.748. The molecule has 0 aliphatic heterocycles. The first kappa shape index (κ1) is 20.7. The molecule has 2 unspecified atom stereocenters. The Morgan fingerprint density at radius 3 is 2.38 bits per heavy atom. The molecule has 0 bridgehead atoms. The fourth-order valence-electron chi connectivity index (χ4n) is 2.79. The van der Waals surface area contributed by atoms with Crippen molar-refractivity contribution in [3.05, 3.63) is 65.7 Å². The van der Waals surface area contributed by atoms with E-state index in [1.165, 1.54) is 11.3 Å². The van der Waals surface area contributed by atoms with E-state index in [2.05, 4.69) is 20.8 Å². The van der Waals surface area contributed by atoms with Crippen molar-refractivity contribution in [1.29, 1.82) is 0 Å². The largest absolute Gasteiger partial charge is 0.340 e. The zero-order chi connectivity index (χ0) is 20.8. The molecule has 7 heteroatoms. The lowest BCUT2D eigenvalue weighted by Crippen LogP contribution is -2.47. The van der Waals surface area contributed by atoms with Crippen LogP contribution in [0.1, 0.15) is 36.2 Å². The summed E-state index contributed by atoms with van der Waals surface area (Å²) in [6, 6.07) is 16.2. The van der Waals surface area contributed by atoms with E-state index in [4.69, 9.17) is 0 Å². The summed E-state index contributed by atoms with van der Waals surface area (Å²) >= 11 is 1.31. The van der Waals surface area contributed by atoms with Crippen LogP contribution in [0.5, 0.6) is 0 Å². The van der Waals surface area contributed by atoms with Crippen molar-refractivity contribution in [2.45, 2.75) is 33.2 Å². The minimum Gasteiger partial charge on any atom is -0.340 e. The number of benzene rings is 2. The molecule has 0 saturated heterocycles. The molecule has 2 N–H and O–H groups in total. The highest BCUT2D eigenvalue weighted by Crippen LogP contribution is 2.26. The number of anilines is 1. The van der Waals surface area contributed by atoms with E-state index in [0.717, 1.165) is 22.6 Å². The van der Waals surface area contributed by atoms with Gasteiger partial charge in [-0.25, -0.2) is 0 Å². The minimum atomic E-state index is -0.667. The molecule has 0 spiro atoms. The number of carbonyl (C=O) groups excluding carboxylic acids is 2. The van der Waals surface area contributed by atoms with E-state index in [0.29, 0.717) is 10.7 Å². The summed E-state index contributed by atoms with van der Waals surface area (Å²) < 4.78 is 0. The van der Waals surface area contributed by atoms with Gasteiger partial charge in [-0.3, -0.25) is 14.9 Å². The summed E-state index contributed by atoms with van der Waals surface area (Å²) in [4.78, 5) is 25.4. The minimum absolute atomic E-state index is 0.0350. The van der Waals surface area contributed by atoms with Gasteiger partial charge in [0, 0.05) is 11.1 Å². The zero-order valence-corrected chi connectivity index (χ0v) is 17.5. The number of aryl methyl sites for hydroxylation is 1. The summed E-state index contributed by atoms with van der Waals surface area (Å²) in [7, 11) is 0. The first-order valence-corrected chi connectivity index (χ1v) is 10.4. The SMILES string of the molecule is CCC(C)C(NC(=O)c1ccccc1)C(=O)Nc1nnc(-c2ccc(C)cc2)s1. The summed E-state index contributed by atoms with van der Waals surface area (Å²) in [5.41, 5.74) is 2.63. The Morgan fingerprint density at radius 2 is 1.72 bits per heavy atom. The maximum absolute atomic E-state index is 12.9. The second-order valence-electron chi connectivity index (χ2n) is 6.97. The number of hydrogen-bond donors (Lipinski definition) is 2. The molecule has 29 heavy (non-hydrogen) atoms. The van der Waals surface area contributed by atoms with Gasteiger partial charge < -0.3 is 5.32 Å². The molecule has 0 aliphatic carbocycles. The van der Waals surface area contributed by atoms with Crippen LogP contribution in [0.4, 0.5) is 5.13 Å². The molecule has 6 nitrogen and oxygen atoms in total. The van der Waals surface area contributed by atoms with Crippen molar-refractivity contribution in [2.24, 2.45) is 5.92 Å². The highest BCUT2D eigenvalue weighted by molar-refractivity contribution is 7.18. The maximum atomic E-state index is 12.9. The van der Waals surface area contributed by atoms with Gasteiger partial charge in [0.05, 0.1) is 0 Å². The Hall–Kier alpha value is -3.06. The van der Waals surface area contributed by atoms with Gasteiger partial charge in [-0.2, -0.15) is 0 Å². The van der Waals surface area contributed by atoms with Crippen molar-refractivity contribution in [3.8, 4) is 10.6 Å². The number of carbonyl (C=O) groups is 2. The van der Waals surface area contributed by atoms with Crippen LogP contribution in [-0.4, -0.2) is 28.1 Å². The van der Waals surface area contributed by atoms with Crippen molar-refractivity contribution < 1.29 is 9.59 Å². The van der Waals surface area contributed by atoms with Gasteiger partial charge in [-0.15, -0.1) is 10.2 Å². The van der Waals surface area contributed by atoms with Gasteiger partial charge in [-0.05, 0) is 25.0 Å². The second kappa shape index (κ2) is 9.43. The number of amides is 2. The fourth-order valence-corrected chi connectivity index (χ4v) is 3.54. The highest BCUT2D eigenvalue weighted by atomic mass is 32.1. The number of hydrogen-bond acceptors (Lipinski definition) is 5. The molecule has 0 aliphatic rings. The van der Waals surface area contributed by atoms with Crippen LogP contribution < -0.4 is 10.6 Å². The number of nitrogens with zero attached hydrogens (tertiary/aromatic N) is 2. The predicted octanol–water partition coefficient (Wildman–Crippen LogP) is 4.30. The average molecular weight is 409 g/mol. The van der Waals surface area contributed by atoms with Gasteiger partial charge in [0.25, 0.3) is 5.91 Å².